The second kappa shape index (κ2) is 11.5. The van der Waals surface area contributed by atoms with Crippen LogP contribution in [0.1, 0.15) is 122 Å². The SMILES string of the molecule is CC(=O)C1=C(O)[C@]2(O)C(=O)C3=C(O)c4c(ccc(/C=C/c5cc(C(C)(C)C)cc(C(C)(C)C)c5)c4O)[C@@H](C)[C@]3(C)[C@@H](O)[C@]2(C)C(C(C)C)C1=O. The molecule has 0 amide bonds. The van der Waals surface area contributed by atoms with E-state index in [9.17, 15) is 39.9 Å². The predicted molar refractivity (Wildman–Crippen MR) is 195 cm³/mol. The number of allylic oxidation sites excluding steroid dienone is 1. The number of phenols is 1. The Balaban J connectivity index is 1.74. The maximum Gasteiger partial charge on any atom is 0.203 e. The van der Waals surface area contributed by atoms with Gasteiger partial charge in [0, 0.05) is 22.3 Å². The molecule has 8 heteroatoms. The minimum absolute atomic E-state index is 0.0266. The maximum atomic E-state index is 14.7. The van der Waals surface area contributed by atoms with Crippen LogP contribution >= 0.6 is 0 Å². The van der Waals surface area contributed by atoms with Gasteiger partial charge in [-0.15, -0.1) is 0 Å². The van der Waals surface area contributed by atoms with Gasteiger partial charge in [0.05, 0.1) is 17.2 Å². The van der Waals surface area contributed by atoms with Gasteiger partial charge in [0.2, 0.25) is 5.78 Å². The molecule has 50 heavy (non-hydrogen) atoms. The highest BCUT2D eigenvalue weighted by molar-refractivity contribution is 6.24. The van der Waals surface area contributed by atoms with E-state index in [4.69, 9.17) is 0 Å². The molecule has 268 valence electrons. The number of benzene rings is 2. The van der Waals surface area contributed by atoms with Gasteiger partial charge in [0.25, 0.3) is 0 Å². The molecule has 0 aromatic heterocycles. The summed E-state index contributed by atoms with van der Waals surface area (Å²) in [6, 6.07) is 9.86. The van der Waals surface area contributed by atoms with Crippen molar-refractivity contribution in [3.05, 3.63) is 80.6 Å². The number of aliphatic hydroxyl groups is 4. The summed E-state index contributed by atoms with van der Waals surface area (Å²) < 4.78 is 0. The average Bonchev–Trinajstić information content (AvgIpc) is 2.99. The molecule has 0 radical (unpaired) electrons. The lowest BCUT2D eigenvalue weighted by Gasteiger charge is -2.63. The number of rotatable bonds is 4. The molecule has 5 N–H and O–H groups in total. The highest BCUT2D eigenvalue weighted by Crippen LogP contribution is 2.67. The predicted octanol–water partition coefficient (Wildman–Crippen LogP) is 7.49. The Kier molecular flexibility index (Phi) is 8.57. The van der Waals surface area contributed by atoms with Crippen LogP contribution < -0.4 is 0 Å². The molecule has 0 aliphatic heterocycles. The molecule has 1 fully saturated rings. The monoisotopic (exact) mass is 684 g/mol. The second-order valence-corrected chi connectivity index (χ2v) is 17.5. The van der Waals surface area contributed by atoms with E-state index >= 15 is 0 Å². The highest BCUT2D eigenvalue weighted by atomic mass is 16.4. The van der Waals surface area contributed by atoms with E-state index in [-0.39, 0.29) is 27.7 Å². The number of Topliss-reactive ketones (excluding diaryl/α,β-unsaturated/α-hetero) is 3. The Morgan fingerprint density at radius 2 is 1.44 bits per heavy atom. The van der Waals surface area contributed by atoms with E-state index in [1.165, 1.54) is 6.92 Å². The number of hydrogen-bond acceptors (Lipinski definition) is 8. The zero-order chi connectivity index (χ0) is 37.8. The van der Waals surface area contributed by atoms with Crippen molar-refractivity contribution in [2.75, 3.05) is 0 Å². The van der Waals surface area contributed by atoms with Crippen LogP contribution in [0.4, 0.5) is 0 Å². The topological polar surface area (TPSA) is 152 Å². The number of phenolic OH excluding ortho intramolecular Hbond substituents is 1. The van der Waals surface area contributed by atoms with Crippen LogP contribution in [0.25, 0.3) is 17.9 Å². The Labute approximate surface area is 295 Å². The van der Waals surface area contributed by atoms with E-state index in [1.54, 1.807) is 45.9 Å². The van der Waals surface area contributed by atoms with Crippen LogP contribution in [-0.4, -0.2) is 54.6 Å². The number of carbonyl (C=O) groups excluding carboxylic acids is 3. The zero-order valence-electron chi connectivity index (χ0n) is 31.3. The normalized spacial score (nSPS) is 30.2. The van der Waals surface area contributed by atoms with Crippen molar-refractivity contribution < 1.29 is 39.9 Å². The highest BCUT2D eigenvalue weighted by Gasteiger charge is 2.77. The molecule has 0 heterocycles. The lowest BCUT2D eigenvalue weighted by Crippen LogP contribution is -2.75. The fourth-order valence-corrected chi connectivity index (χ4v) is 8.88. The van der Waals surface area contributed by atoms with Gasteiger partial charge >= 0.3 is 0 Å². The van der Waals surface area contributed by atoms with Crippen LogP contribution in [0, 0.1) is 22.7 Å². The molecule has 3 aliphatic carbocycles. The van der Waals surface area contributed by atoms with Crippen LogP contribution in [0.5, 0.6) is 5.75 Å². The summed E-state index contributed by atoms with van der Waals surface area (Å²) in [5, 5.41) is 59.9. The first kappa shape index (κ1) is 37.3. The van der Waals surface area contributed by atoms with E-state index in [2.05, 4.69) is 59.7 Å². The lowest BCUT2D eigenvalue weighted by atomic mass is 9.40. The van der Waals surface area contributed by atoms with Crippen LogP contribution in [0.3, 0.4) is 0 Å². The molecule has 8 nitrogen and oxygen atoms in total. The summed E-state index contributed by atoms with van der Waals surface area (Å²) in [6.45, 7) is 22.1. The van der Waals surface area contributed by atoms with E-state index in [0.717, 1.165) is 23.6 Å². The molecule has 5 rings (SSSR count). The molecule has 2 aromatic carbocycles. The van der Waals surface area contributed by atoms with Crippen LogP contribution in [0.15, 0.2) is 47.2 Å². The third kappa shape index (κ3) is 4.89. The average molecular weight is 685 g/mol. The number of carbonyl (C=O) groups is 3. The second-order valence-electron chi connectivity index (χ2n) is 17.5. The summed E-state index contributed by atoms with van der Waals surface area (Å²) in [5.41, 5.74) is -3.75. The maximum absolute atomic E-state index is 14.7. The summed E-state index contributed by atoms with van der Waals surface area (Å²) in [4.78, 5) is 41.2. The molecule has 3 aliphatic rings. The number of aliphatic hydroxyl groups excluding tert-OH is 3. The van der Waals surface area contributed by atoms with Crippen molar-refractivity contribution in [3.8, 4) is 5.75 Å². The van der Waals surface area contributed by atoms with Gasteiger partial charge in [-0.25, -0.2) is 0 Å². The zero-order valence-corrected chi connectivity index (χ0v) is 31.3. The minimum Gasteiger partial charge on any atom is -0.508 e. The molecule has 0 saturated heterocycles. The van der Waals surface area contributed by atoms with Crippen molar-refractivity contribution in [1.82, 2.24) is 0 Å². The van der Waals surface area contributed by atoms with Crippen molar-refractivity contribution in [1.29, 1.82) is 0 Å². The number of hydrogen-bond donors (Lipinski definition) is 5. The van der Waals surface area contributed by atoms with Crippen LogP contribution in [-0.2, 0) is 25.2 Å². The summed E-state index contributed by atoms with van der Waals surface area (Å²) in [6.07, 6.45) is 1.95. The van der Waals surface area contributed by atoms with E-state index in [0.29, 0.717) is 11.1 Å². The van der Waals surface area contributed by atoms with Crippen molar-refractivity contribution in [2.45, 2.75) is 112 Å². The third-order valence-corrected chi connectivity index (χ3v) is 12.0. The van der Waals surface area contributed by atoms with E-state index < -0.39 is 74.7 Å². The molecule has 0 spiro atoms. The number of aromatic hydroxyl groups is 1. The van der Waals surface area contributed by atoms with Gasteiger partial charge in [-0.3, -0.25) is 14.4 Å². The fourth-order valence-electron chi connectivity index (χ4n) is 8.88. The molecule has 6 atom stereocenters. The summed E-state index contributed by atoms with van der Waals surface area (Å²) in [5.74, 6) is -7.30. The van der Waals surface area contributed by atoms with Gasteiger partial charge < -0.3 is 25.5 Å². The third-order valence-electron chi connectivity index (χ3n) is 12.0. The number of ketones is 3. The molecule has 1 saturated carbocycles. The van der Waals surface area contributed by atoms with Crippen molar-refractivity contribution in [3.63, 3.8) is 0 Å². The Hall–Kier alpha value is -4.01. The molecule has 1 unspecified atom stereocenters. The Morgan fingerprint density at radius 1 is 0.900 bits per heavy atom. The first-order valence-electron chi connectivity index (χ1n) is 17.4. The van der Waals surface area contributed by atoms with Gasteiger partial charge in [0.1, 0.15) is 22.8 Å². The summed E-state index contributed by atoms with van der Waals surface area (Å²) in [7, 11) is 0. The van der Waals surface area contributed by atoms with E-state index in [1.807, 2.05) is 6.08 Å². The van der Waals surface area contributed by atoms with Gasteiger partial charge in [-0.1, -0.05) is 119 Å². The smallest absolute Gasteiger partial charge is 0.203 e. The molecule has 0 bridgehead atoms. The molecular formula is C42H52O8. The van der Waals surface area contributed by atoms with Crippen molar-refractivity contribution in [2.24, 2.45) is 22.7 Å². The molecule has 2 aromatic rings. The summed E-state index contributed by atoms with van der Waals surface area (Å²) >= 11 is 0. The lowest BCUT2D eigenvalue weighted by molar-refractivity contribution is -0.215. The largest absolute Gasteiger partial charge is 0.508 e. The van der Waals surface area contributed by atoms with Crippen molar-refractivity contribution >= 4 is 35.3 Å². The minimum atomic E-state index is -2.92. The van der Waals surface area contributed by atoms with Crippen LogP contribution in [0.2, 0.25) is 0 Å². The quantitative estimate of drug-likeness (QED) is 0.164. The fraction of sp³-hybridized carbons (Fsp3) is 0.500. The van der Waals surface area contributed by atoms with Gasteiger partial charge in [0.15, 0.2) is 17.2 Å². The standard InChI is InChI=1S/C42H52O8/c1-20(2)30-33(45)28(22(4)43)35(47)42(50)36(48)31-34(46)29-27(21(3)40(31,11)37(49)41(30,42)12)16-15-24(32(29)44)14-13-23-17-25(38(5,6)7)19-26(18-23)39(8,9)10/h13-21,30,37,44,46-47,49-50H,1-12H3/b14-13+/t21-,30?,37-,40+,41+,42+/m1/s1. The Morgan fingerprint density at radius 3 is 1.92 bits per heavy atom. The van der Waals surface area contributed by atoms with Gasteiger partial charge in [-0.05, 0) is 51.8 Å². The molecular weight excluding hydrogens is 632 g/mol. The van der Waals surface area contributed by atoms with Gasteiger partial charge in [-0.2, -0.15) is 0 Å². The number of fused-ring (bicyclic) bond motifs is 3. The Bertz CT molecular complexity index is 1900. The first-order chi connectivity index (χ1) is 22.8. The first-order valence-corrected chi connectivity index (χ1v) is 17.4.